The third-order valence-electron chi connectivity index (χ3n) is 3.51. The lowest BCUT2D eigenvalue weighted by Gasteiger charge is -2.22. The summed E-state index contributed by atoms with van der Waals surface area (Å²) in [6.45, 7) is 0. The molecule has 0 radical (unpaired) electrons. The lowest BCUT2D eigenvalue weighted by Crippen LogP contribution is -2.04. The number of nitrogens with zero attached hydrogens (tertiary/aromatic N) is 1. The van der Waals surface area contributed by atoms with Gasteiger partial charge in [-0.25, -0.2) is 4.98 Å². The highest BCUT2D eigenvalue weighted by molar-refractivity contribution is 7.22. The van der Waals surface area contributed by atoms with Gasteiger partial charge >= 0.3 is 0 Å². The molecule has 1 fully saturated rings. The Kier molecular flexibility index (Phi) is 2.56. The molecular weight excluding hydrogens is 216 g/mol. The molecule has 0 bridgehead atoms. The van der Waals surface area contributed by atoms with E-state index in [4.69, 9.17) is 5.73 Å². The molecule has 1 aromatic heterocycles. The molecule has 2 aromatic rings. The molecule has 3 rings (SSSR count). The number of anilines is 1. The Morgan fingerprint density at radius 2 is 2.00 bits per heavy atom. The van der Waals surface area contributed by atoms with Gasteiger partial charge in [0.1, 0.15) is 0 Å². The largest absolute Gasteiger partial charge is 0.375 e. The van der Waals surface area contributed by atoms with Crippen LogP contribution in [0, 0.1) is 0 Å². The molecule has 1 heterocycles. The molecule has 0 spiro atoms. The average Bonchev–Trinajstić information content (AvgIpc) is 2.70. The van der Waals surface area contributed by atoms with Crippen molar-refractivity contribution in [2.24, 2.45) is 0 Å². The summed E-state index contributed by atoms with van der Waals surface area (Å²) in [6.07, 6.45) is 6.75. The number of hydrogen-bond donors (Lipinski definition) is 1. The lowest BCUT2D eigenvalue weighted by molar-refractivity contribution is 0.445. The topological polar surface area (TPSA) is 38.9 Å². The quantitative estimate of drug-likeness (QED) is 0.809. The van der Waals surface area contributed by atoms with Gasteiger partial charge in [-0.15, -0.1) is 0 Å². The Balaban J connectivity index is 2.07. The first kappa shape index (κ1) is 10.1. The first-order valence-corrected chi connectivity index (χ1v) is 6.81. The number of thiazole rings is 1. The van der Waals surface area contributed by atoms with E-state index in [2.05, 4.69) is 23.2 Å². The fraction of sp³-hybridized carbons (Fsp3) is 0.462. The predicted molar refractivity (Wildman–Crippen MR) is 69.9 cm³/mol. The molecule has 2 nitrogen and oxygen atoms in total. The van der Waals surface area contributed by atoms with Crippen LogP contribution in [0.1, 0.15) is 43.6 Å². The Hall–Kier alpha value is -1.09. The highest BCUT2D eigenvalue weighted by atomic mass is 32.1. The van der Waals surface area contributed by atoms with Gasteiger partial charge in [0.25, 0.3) is 0 Å². The summed E-state index contributed by atoms with van der Waals surface area (Å²) in [5.41, 5.74) is 8.37. The fourth-order valence-electron chi connectivity index (χ4n) is 2.73. The number of hydrogen-bond acceptors (Lipinski definition) is 3. The van der Waals surface area contributed by atoms with Gasteiger partial charge in [0, 0.05) is 0 Å². The van der Waals surface area contributed by atoms with Gasteiger partial charge < -0.3 is 5.73 Å². The number of nitrogen functional groups attached to an aromatic ring is 1. The number of benzene rings is 1. The van der Waals surface area contributed by atoms with Gasteiger partial charge in [-0.2, -0.15) is 0 Å². The van der Waals surface area contributed by atoms with Crippen LogP contribution in [-0.4, -0.2) is 4.98 Å². The van der Waals surface area contributed by atoms with E-state index in [9.17, 15) is 0 Å². The van der Waals surface area contributed by atoms with Crippen molar-refractivity contribution < 1.29 is 0 Å². The molecule has 16 heavy (non-hydrogen) atoms. The Morgan fingerprint density at radius 1 is 1.19 bits per heavy atom. The summed E-state index contributed by atoms with van der Waals surface area (Å²) >= 11 is 1.60. The molecular formula is C13H16N2S. The molecule has 0 unspecified atom stereocenters. The van der Waals surface area contributed by atoms with E-state index in [0.29, 0.717) is 11.0 Å². The van der Waals surface area contributed by atoms with Crippen molar-refractivity contribution >= 4 is 26.7 Å². The Labute approximate surface area is 99.5 Å². The monoisotopic (exact) mass is 232 g/mol. The second-order valence-electron chi connectivity index (χ2n) is 4.58. The summed E-state index contributed by atoms with van der Waals surface area (Å²) in [5, 5.41) is 0.693. The van der Waals surface area contributed by atoms with Gasteiger partial charge in [0.05, 0.1) is 10.2 Å². The van der Waals surface area contributed by atoms with Gasteiger partial charge in [0.2, 0.25) is 0 Å². The van der Waals surface area contributed by atoms with Crippen LogP contribution in [0.2, 0.25) is 0 Å². The molecule has 1 saturated carbocycles. The molecule has 0 aliphatic heterocycles. The summed E-state index contributed by atoms with van der Waals surface area (Å²) in [7, 11) is 0. The summed E-state index contributed by atoms with van der Waals surface area (Å²) in [4.78, 5) is 4.48. The first-order chi connectivity index (χ1) is 7.84. The normalized spacial score (nSPS) is 18.0. The predicted octanol–water partition coefficient (Wildman–Crippen LogP) is 3.93. The fourth-order valence-corrected chi connectivity index (χ4v) is 3.50. The number of nitrogens with two attached hydrogens (primary N) is 1. The molecule has 0 atom stereocenters. The summed E-state index contributed by atoms with van der Waals surface area (Å²) in [6, 6.07) is 6.50. The number of para-hydroxylation sites is 1. The van der Waals surface area contributed by atoms with Crippen molar-refractivity contribution in [1.29, 1.82) is 0 Å². The van der Waals surface area contributed by atoms with Crippen LogP contribution in [-0.2, 0) is 0 Å². The number of rotatable bonds is 1. The summed E-state index contributed by atoms with van der Waals surface area (Å²) in [5.74, 6) is 0.707. The van der Waals surface area contributed by atoms with Crippen molar-refractivity contribution in [2.45, 2.75) is 38.0 Å². The minimum absolute atomic E-state index is 0.693. The maximum absolute atomic E-state index is 5.80. The molecule has 3 heteroatoms. The zero-order valence-corrected chi connectivity index (χ0v) is 10.1. The molecule has 0 amide bonds. The second-order valence-corrected chi connectivity index (χ2v) is 5.64. The van der Waals surface area contributed by atoms with Crippen molar-refractivity contribution in [2.75, 3.05) is 5.73 Å². The highest BCUT2D eigenvalue weighted by Crippen LogP contribution is 2.37. The maximum Gasteiger partial charge on any atom is 0.181 e. The van der Waals surface area contributed by atoms with Crippen LogP contribution in [0.3, 0.4) is 0 Å². The third-order valence-corrected chi connectivity index (χ3v) is 4.36. The van der Waals surface area contributed by atoms with Gasteiger partial charge in [-0.1, -0.05) is 42.7 Å². The van der Waals surface area contributed by atoms with E-state index in [1.54, 1.807) is 11.3 Å². The van der Waals surface area contributed by atoms with Crippen LogP contribution >= 0.6 is 11.3 Å². The first-order valence-electron chi connectivity index (χ1n) is 5.99. The van der Waals surface area contributed by atoms with Crippen LogP contribution in [0.25, 0.3) is 10.2 Å². The van der Waals surface area contributed by atoms with Crippen LogP contribution in [0.4, 0.5) is 5.13 Å². The van der Waals surface area contributed by atoms with E-state index in [-0.39, 0.29) is 0 Å². The van der Waals surface area contributed by atoms with Crippen molar-refractivity contribution in [3.63, 3.8) is 0 Å². The zero-order valence-electron chi connectivity index (χ0n) is 9.28. The van der Waals surface area contributed by atoms with Crippen LogP contribution < -0.4 is 5.73 Å². The van der Waals surface area contributed by atoms with Gasteiger partial charge in [-0.05, 0) is 30.4 Å². The summed E-state index contributed by atoms with van der Waals surface area (Å²) < 4.78 is 1.24. The zero-order chi connectivity index (χ0) is 11.0. The molecule has 1 aliphatic carbocycles. The van der Waals surface area contributed by atoms with E-state index in [0.717, 1.165) is 5.52 Å². The Morgan fingerprint density at radius 3 is 2.81 bits per heavy atom. The van der Waals surface area contributed by atoms with Crippen molar-refractivity contribution in [3.8, 4) is 0 Å². The van der Waals surface area contributed by atoms with Gasteiger partial charge in [-0.3, -0.25) is 0 Å². The molecule has 84 valence electrons. The standard InChI is InChI=1S/C13H16N2S/c14-13-15-12-10(7-4-8-11(12)16-13)9-5-2-1-3-6-9/h4,7-9H,1-3,5-6H2,(H2,14,15). The van der Waals surface area contributed by atoms with E-state index < -0.39 is 0 Å². The van der Waals surface area contributed by atoms with Crippen LogP contribution in [0.5, 0.6) is 0 Å². The number of fused-ring (bicyclic) bond motifs is 1. The lowest BCUT2D eigenvalue weighted by atomic mass is 9.84. The Bertz CT molecular complexity index is 498. The van der Waals surface area contributed by atoms with E-state index in [1.807, 2.05) is 0 Å². The minimum Gasteiger partial charge on any atom is -0.375 e. The van der Waals surface area contributed by atoms with Crippen LogP contribution in [0.15, 0.2) is 18.2 Å². The van der Waals surface area contributed by atoms with E-state index >= 15 is 0 Å². The molecule has 2 N–H and O–H groups in total. The highest BCUT2D eigenvalue weighted by Gasteiger charge is 2.18. The van der Waals surface area contributed by atoms with Crippen molar-refractivity contribution in [3.05, 3.63) is 23.8 Å². The number of aromatic nitrogens is 1. The maximum atomic E-state index is 5.80. The molecule has 1 aromatic carbocycles. The molecule has 1 aliphatic rings. The van der Waals surface area contributed by atoms with Gasteiger partial charge in [0.15, 0.2) is 5.13 Å². The van der Waals surface area contributed by atoms with E-state index in [1.165, 1.54) is 42.4 Å². The average molecular weight is 232 g/mol. The third kappa shape index (κ3) is 1.69. The molecule has 0 saturated heterocycles. The SMILES string of the molecule is Nc1nc2c(C3CCCCC3)cccc2s1. The minimum atomic E-state index is 0.693. The van der Waals surface area contributed by atoms with Crippen molar-refractivity contribution in [1.82, 2.24) is 4.98 Å². The smallest absolute Gasteiger partial charge is 0.181 e. The second kappa shape index (κ2) is 4.06.